The van der Waals surface area contributed by atoms with Gasteiger partial charge in [0.05, 0.1) is 0 Å². The Kier molecular flexibility index (Phi) is 3.07. The van der Waals surface area contributed by atoms with E-state index in [9.17, 15) is 4.79 Å². The Morgan fingerprint density at radius 2 is 1.91 bits per heavy atom. The van der Waals surface area contributed by atoms with Crippen molar-refractivity contribution >= 4 is 5.78 Å². The van der Waals surface area contributed by atoms with Crippen molar-refractivity contribution in [2.45, 2.75) is 65.7 Å². The summed E-state index contributed by atoms with van der Waals surface area (Å²) in [6.45, 7) is 11.4. The largest absolute Gasteiger partial charge is 0.299 e. The fourth-order valence-electron chi connectivity index (χ4n) is 6.97. The summed E-state index contributed by atoms with van der Waals surface area (Å²) in [7, 11) is 0. The average molecular weight is 298 g/mol. The SMILES string of the molecule is C=C1C=C(C)[C@@]2(C)C(CC[C@@H]3[C@@H]2CC[C@]2(C)C(=O)CC[C@@H]32)C1. The summed E-state index contributed by atoms with van der Waals surface area (Å²) in [4.78, 5) is 12.5. The second kappa shape index (κ2) is 4.58. The van der Waals surface area contributed by atoms with Gasteiger partial charge in [0.15, 0.2) is 0 Å². The van der Waals surface area contributed by atoms with Crippen LogP contribution in [0, 0.1) is 34.5 Å². The third-order valence-electron chi connectivity index (χ3n) is 8.39. The lowest BCUT2D eigenvalue weighted by Gasteiger charge is -2.59. The molecule has 1 nitrogen and oxygen atoms in total. The monoisotopic (exact) mass is 298 g/mol. The molecule has 6 atom stereocenters. The van der Waals surface area contributed by atoms with Gasteiger partial charge in [-0.2, -0.15) is 0 Å². The number of carbonyl (C=O) groups is 1. The standard InChI is InChI=1S/C21H30O/c1-13-11-14(2)21(4)15(12-13)5-6-16-17-7-8-19(22)20(17,3)10-9-18(16)21/h11,15-18H,1,5-10,12H2,2-4H3/t15?,16-,17-,18-,20-,21-/m0/s1. The zero-order valence-electron chi connectivity index (χ0n) is 14.5. The predicted octanol–water partition coefficient (Wildman–Crippen LogP) is 5.32. The third kappa shape index (κ3) is 1.69. The predicted molar refractivity (Wildman–Crippen MR) is 90.4 cm³/mol. The lowest BCUT2D eigenvalue weighted by atomic mass is 9.45. The molecule has 0 bridgehead atoms. The van der Waals surface area contributed by atoms with Crippen molar-refractivity contribution in [3.8, 4) is 0 Å². The molecular formula is C21H30O. The van der Waals surface area contributed by atoms with E-state index in [1.807, 2.05) is 0 Å². The maximum atomic E-state index is 12.5. The molecule has 0 amide bonds. The highest BCUT2D eigenvalue weighted by Gasteiger charge is 2.60. The highest BCUT2D eigenvalue weighted by molar-refractivity contribution is 5.87. The Morgan fingerprint density at radius 3 is 2.68 bits per heavy atom. The molecule has 0 aromatic carbocycles. The summed E-state index contributed by atoms with van der Waals surface area (Å²) in [6, 6.07) is 0. The molecule has 0 aromatic rings. The van der Waals surface area contributed by atoms with E-state index < -0.39 is 0 Å². The number of hydrogen-bond donors (Lipinski definition) is 0. The van der Waals surface area contributed by atoms with E-state index in [-0.39, 0.29) is 5.41 Å². The molecule has 4 rings (SSSR count). The summed E-state index contributed by atoms with van der Waals surface area (Å²) in [6.07, 6.45) is 10.6. The maximum absolute atomic E-state index is 12.5. The van der Waals surface area contributed by atoms with Crippen molar-refractivity contribution in [3.63, 3.8) is 0 Å². The van der Waals surface area contributed by atoms with Crippen molar-refractivity contribution in [2.24, 2.45) is 34.5 Å². The van der Waals surface area contributed by atoms with Crippen LogP contribution >= 0.6 is 0 Å². The first kappa shape index (κ1) is 14.7. The van der Waals surface area contributed by atoms with Crippen LogP contribution in [-0.2, 0) is 4.79 Å². The minimum Gasteiger partial charge on any atom is -0.299 e. The minimum atomic E-state index is 0.0141. The van der Waals surface area contributed by atoms with E-state index in [1.165, 1.54) is 31.3 Å². The van der Waals surface area contributed by atoms with Crippen molar-refractivity contribution in [1.82, 2.24) is 0 Å². The topological polar surface area (TPSA) is 17.1 Å². The number of carbonyl (C=O) groups excluding carboxylic acids is 1. The fourth-order valence-corrected chi connectivity index (χ4v) is 6.97. The molecule has 4 aliphatic rings. The molecule has 22 heavy (non-hydrogen) atoms. The van der Waals surface area contributed by atoms with Crippen LogP contribution in [0.2, 0.25) is 0 Å². The van der Waals surface area contributed by atoms with E-state index in [0.29, 0.717) is 17.1 Å². The van der Waals surface area contributed by atoms with E-state index >= 15 is 0 Å². The molecule has 0 heterocycles. The summed E-state index contributed by atoms with van der Waals surface area (Å²) < 4.78 is 0. The van der Waals surface area contributed by atoms with Gasteiger partial charge in [0, 0.05) is 11.8 Å². The number of hydrogen-bond acceptors (Lipinski definition) is 1. The van der Waals surface area contributed by atoms with Gasteiger partial charge < -0.3 is 0 Å². The number of fused-ring (bicyclic) bond motifs is 5. The lowest BCUT2D eigenvalue weighted by molar-refractivity contribution is -0.134. The summed E-state index contributed by atoms with van der Waals surface area (Å²) in [5.74, 6) is 3.58. The van der Waals surface area contributed by atoms with Gasteiger partial charge in [0.2, 0.25) is 0 Å². The Labute approximate surface area is 135 Å². The molecule has 1 unspecified atom stereocenters. The van der Waals surface area contributed by atoms with Gasteiger partial charge in [-0.3, -0.25) is 4.79 Å². The number of ketones is 1. The van der Waals surface area contributed by atoms with Gasteiger partial charge >= 0.3 is 0 Å². The van der Waals surface area contributed by atoms with Crippen LogP contribution in [0.15, 0.2) is 23.8 Å². The lowest BCUT2D eigenvalue weighted by Crippen LogP contribution is -2.53. The van der Waals surface area contributed by atoms with Crippen LogP contribution in [-0.4, -0.2) is 5.78 Å². The molecule has 1 heteroatoms. The third-order valence-corrected chi connectivity index (χ3v) is 8.39. The van der Waals surface area contributed by atoms with Gasteiger partial charge in [0.25, 0.3) is 0 Å². The van der Waals surface area contributed by atoms with E-state index in [4.69, 9.17) is 0 Å². The molecule has 4 aliphatic carbocycles. The highest BCUT2D eigenvalue weighted by atomic mass is 16.1. The Bertz CT molecular complexity index is 570. The van der Waals surface area contributed by atoms with E-state index in [1.54, 1.807) is 5.57 Å². The van der Waals surface area contributed by atoms with Gasteiger partial charge in [-0.1, -0.05) is 37.6 Å². The smallest absolute Gasteiger partial charge is 0.139 e. The minimum absolute atomic E-state index is 0.0141. The molecule has 0 N–H and O–H groups in total. The van der Waals surface area contributed by atoms with Gasteiger partial charge in [0.1, 0.15) is 5.78 Å². The Morgan fingerprint density at radius 1 is 1.14 bits per heavy atom. The van der Waals surface area contributed by atoms with Crippen molar-refractivity contribution in [2.75, 3.05) is 0 Å². The highest BCUT2D eigenvalue weighted by Crippen LogP contribution is 2.66. The Hall–Kier alpha value is -0.850. The molecular weight excluding hydrogens is 268 g/mol. The van der Waals surface area contributed by atoms with E-state index in [0.717, 1.165) is 37.0 Å². The van der Waals surface area contributed by atoms with Crippen LogP contribution in [0.1, 0.15) is 65.7 Å². The summed E-state index contributed by atoms with van der Waals surface area (Å²) >= 11 is 0. The molecule has 0 spiro atoms. The second-order valence-electron chi connectivity index (χ2n) is 9.04. The molecule has 3 saturated carbocycles. The van der Waals surface area contributed by atoms with E-state index in [2.05, 4.69) is 33.4 Å². The summed E-state index contributed by atoms with van der Waals surface area (Å²) in [5.41, 5.74) is 3.27. The van der Waals surface area contributed by atoms with Crippen LogP contribution in [0.5, 0.6) is 0 Å². The van der Waals surface area contributed by atoms with Crippen LogP contribution in [0.3, 0.4) is 0 Å². The summed E-state index contributed by atoms with van der Waals surface area (Å²) in [5, 5.41) is 0. The first-order chi connectivity index (χ1) is 10.4. The molecule has 0 radical (unpaired) electrons. The van der Waals surface area contributed by atoms with Crippen molar-refractivity contribution in [1.29, 1.82) is 0 Å². The normalized spacial score (nSPS) is 51.0. The molecule has 120 valence electrons. The van der Waals surface area contributed by atoms with Crippen molar-refractivity contribution < 1.29 is 4.79 Å². The average Bonchev–Trinajstić information content (AvgIpc) is 2.77. The number of Topliss-reactive ketones (excluding diaryl/α,β-unsaturated/α-hetero) is 1. The van der Waals surface area contributed by atoms with Crippen LogP contribution in [0.25, 0.3) is 0 Å². The molecule has 0 aromatic heterocycles. The molecule has 0 saturated heterocycles. The van der Waals surface area contributed by atoms with Crippen LogP contribution in [0.4, 0.5) is 0 Å². The Balaban J connectivity index is 1.73. The number of allylic oxidation sites excluding steroid dienone is 3. The molecule has 0 aliphatic heterocycles. The zero-order valence-corrected chi connectivity index (χ0v) is 14.5. The first-order valence-corrected chi connectivity index (χ1v) is 9.27. The zero-order chi connectivity index (χ0) is 15.7. The fraction of sp³-hybridized carbons (Fsp3) is 0.762. The second-order valence-corrected chi connectivity index (χ2v) is 9.04. The van der Waals surface area contributed by atoms with Gasteiger partial charge in [-0.05, 0) is 74.5 Å². The van der Waals surface area contributed by atoms with Crippen LogP contribution < -0.4 is 0 Å². The van der Waals surface area contributed by atoms with Crippen molar-refractivity contribution in [3.05, 3.63) is 23.8 Å². The van der Waals surface area contributed by atoms with Gasteiger partial charge in [-0.15, -0.1) is 0 Å². The molecule has 3 fully saturated rings. The first-order valence-electron chi connectivity index (χ1n) is 9.27. The van der Waals surface area contributed by atoms with Gasteiger partial charge in [-0.25, -0.2) is 0 Å². The number of rotatable bonds is 0. The quantitative estimate of drug-likeness (QED) is 0.591. The maximum Gasteiger partial charge on any atom is 0.139 e.